The van der Waals surface area contributed by atoms with Gasteiger partial charge in [0.15, 0.2) is 11.0 Å². The Bertz CT molecular complexity index is 1340. The molecule has 8 nitrogen and oxygen atoms in total. The summed E-state index contributed by atoms with van der Waals surface area (Å²) in [4.78, 5) is 12.4. The van der Waals surface area contributed by atoms with Gasteiger partial charge in [-0.15, -0.1) is 16.8 Å². The van der Waals surface area contributed by atoms with Crippen LogP contribution in [0.4, 0.5) is 5.69 Å². The first-order valence-corrected chi connectivity index (χ1v) is 12.3. The van der Waals surface area contributed by atoms with Crippen LogP contribution in [0.1, 0.15) is 17.0 Å². The molecule has 36 heavy (non-hydrogen) atoms. The molecule has 4 rings (SSSR count). The molecule has 0 spiro atoms. The summed E-state index contributed by atoms with van der Waals surface area (Å²) >= 11 is 1.27. The van der Waals surface area contributed by atoms with Crippen molar-refractivity contribution in [2.75, 3.05) is 11.1 Å². The van der Waals surface area contributed by atoms with Crippen LogP contribution in [0.25, 0.3) is 5.69 Å². The van der Waals surface area contributed by atoms with E-state index in [0.29, 0.717) is 23.7 Å². The zero-order chi connectivity index (χ0) is 25.2. The lowest BCUT2D eigenvalue weighted by molar-refractivity contribution is -0.118. The fourth-order valence-electron chi connectivity index (χ4n) is 3.45. The van der Waals surface area contributed by atoms with Crippen molar-refractivity contribution in [3.63, 3.8) is 0 Å². The van der Waals surface area contributed by atoms with Crippen molar-refractivity contribution in [2.24, 2.45) is 5.10 Å². The van der Waals surface area contributed by atoms with E-state index in [1.165, 1.54) is 18.0 Å². The van der Waals surface area contributed by atoms with E-state index >= 15 is 0 Å². The van der Waals surface area contributed by atoms with E-state index in [-0.39, 0.29) is 17.4 Å². The van der Waals surface area contributed by atoms with E-state index in [9.17, 15) is 9.90 Å². The molecule has 0 aliphatic rings. The molecule has 4 aromatic rings. The number of rotatable bonds is 11. The Labute approximate surface area is 213 Å². The summed E-state index contributed by atoms with van der Waals surface area (Å²) in [5.74, 6) is 0.638. The number of allylic oxidation sites excluding steroid dienone is 1. The van der Waals surface area contributed by atoms with Crippen molar-refractivity contribution in [2.45, 2.75) is 18.1 Å². The molecule has 0 aliphatic carbocycles. The topological polar surface area (TPSA) is 104 Å². The average Bonchev–Trinajstić information content (AvgIpc) is 3.32. The number of thioether (sulfide) groups is 1. The molecular weight excluding hydrogens is 472 g/mol. The number of nitrogens with zero attached hydrogens (tertiary/aromatic N) is 4. The van der Waals surface area contributed by atoms with Crippen LogP contribution in [0.5, 0.6) is 5.75 Å². The van der Waals surface area contributed by atoms with Crippen LogP contribution in [-0.4, -0.2) is 37.7 Å². The summed E-state index contributed by atoms with van der Waals surface area (Å²) in [6.45, 7) is 4.16. The Kier molecular flexibility index (Phi) is 8.50. The van der Waals surface area contributed by atoms with Gasteiger partial charge in [-0.25, -0.2) is 5.43 Å². The first-order valence-electron chi connectivity index (χ1n) is 11.3. The molecule has 0 radical (unpaired) electrons. The highest BCUT2D eigenvalue weighted by Gasteiger charge is 2.16. The van der Waals surface area contributed by atoms with Crippen molar-refractivity contribution < 1.29 is 9.90 Å². The van der Waals surface area contributed by atoms with Crippen LogP contribution in [-0.2, 0) is 17.8 Å². The van der Waals surface area contributed by atoms with Gasteiger partial charge in [0.25, 0.3) is 5.91 Å². The van der Waals surface area contributed by atoms with Crippen LogP contribution < -0.4 is 10.7 Å². The zero-order valence-electron chi connectivity index (χ0n) is 19.5. The predicted octanol–water partition coefficient (Wildman–Crippen LogP) is 4.56. The fourth-order valence-corrected chi connectivity index (χ4v) is 4.22. The lowest BCUT2D eigenvalue weighted by Gasteiger charge is -2.11. The van der Waals surface area contributed by atoms with Gasteiger partial charge in [0, 0.05) is 16.9 Å². The van der Waals surface area contributed by atoms with E-state index in [1.54, 1.807) is 12.1 Å². The van der Waals surface area contributed by atoms with Crippen molar-refractivity contribution in [1.82, 2.24) is 20.2 Å². The second kappa shape index (κ2) is 12.4. The molecule has 1 amide bonds. The van der Waals surface area contributed by atoms with E-state index < -0.39 is 0 Å². The molecule has 0 atom stereocenters. The van der Waals surface area contributed by atoms with Gasteiger partial charge in [-0.2, -0.15) is 5.10 Å². The minimum Gasteiger partial charge on any atom is -0.507 e. The summed E-state index contributed by atoms with van der Waals surface area (Å²) in [6, 6.07) is 25.0. The van der Waals surface area contributed by atoms with E-state index in [4.69, 9.17) is 0 Å². The Morgan fingerprint density at radius 2 is 1.78 bits per heavy atom. The maximum atomic E-state index is 12.4. The van der Waals surface area contributed by atoms with Crippen molar-refractivity contribution in [3.8, 4) is 11.4 Å². The molecule has 3 N–H and O–H groups in total. The summed E-state index contributed by atoms with van der Waals surface area (Å²) in [5.41, 5.74) is 5.65. The average molecular weight is 499 g/mol. The SMILES string of the molecule is C=CCc1cccc(/C=N\NC(=O)CSc2nnc(CNc3ccccc3)n2-c2ccccc2)c1O. The van der Waals surface area contributed by atoms with E-state index in [1.807, 2.05) is 77.4 Å². The number of hydrogen-bond donors (Lipinski definition) is 3. The number of phenols is 1. The lowest BCUT2D eigenvalue weighted by Crippen LogP contribution is -2.20. The first-order chi connectivity index (χ1) is 17.7. The Balaban J connectivity index is 1.41. The zero-order valence-corrected chi connectivity index (χ0v) is 20.4. The van der Waals surface area contributed by atoms with Gasteiger partial charge >= 0.3 is 0 Å². The molecule has 3 aromatic carbocycles. The number of phenolic OH excluding ortho intramolecular Hbond substituents is 1. The van der Waals surface area contributed by atoms with Gasteiger partial charge in [0.05, 0.1) is 18.5 Å². The predicted molar refractivity (Wildman–Crippen MR) is 144 cm³/mol. The Morgan fingerprint density at radius 1 is 1.03 bits per heavy atom. The molecule has 0 saturated carbocycles. The van der Waals surface area contributed by atoms with Crippen molar-refractivity contribution >= 4 is 29.6 Å². The number of carbonyl (C=O) groups excluding carboxylic acids is 1. The minimum atomic E-state index is -0.301. The maximum Gasteiger partial charge on any atom is 0.250 e. The summed E-state index contributed by atoms with van der Waals surface area (Å²) in [7, 11) is 0. The van der Waals surface area contributed by atoms with Crippen LogP contribution in [0.15, 0.2) is 102 Å². The number of amides is 1. The number of benzene rings is 3. The van der Waals surface area contributed by atoms with Gasteiger partial charge in [-0.1, -0.05) is 66.4 Å². The minimum absolute atomic E-state index is 0.0942. The maximum absolute atomic E-state index is 12.4. The lowest BCUT2D eigenvalue weighted by atomic mass is 10.1. The standard InChI is InChI=1S/C27H26N6O2S/c1-2-10-20-11-9-12-21(26(20)35)17-29-31-25(34)19-36-27-32-30-24(18-28-22-13-5-3-6-14-22)33(27)23-15-7-4-8-16-23/h2-9,11-17,28,35H,1,10,18-19H2,(H,31,34)/b29-17-. The third kappa shape index (κ3) is 6.39. The fraction of sp³-hybridized carbons (Fsp3) is 0.111. The van der Waals surface area contributed by atoms with Crippen LogP contribution in [0, 0.1) is 0 Å². The van der Waals surface area contributed by atoms with Gasteiger partial charge < -0.3 is 10.4 Å². The molecule has 0 aliphatic heterocycles. The summed E-state index contributed by atoms with van der Waals surface area (Å²) < 4.78 is 1.93. The first kappa shape index (κ1) is 24.7. The molecule has 0 saturated heterocycles. The molecule has 1 heterocycles. The molecule has 9 heteroatoms. The third-order valence-corrected chi connectivity index (χ3v) is 6.11. The number of aromatic hydroxyl groups is 1. The van der Waals surface area contributed by atoms with Gasteiger partial charge in [-0.05, 0) is 42.3 Å². The second-order valence-corrected chi connectivity index (χ2v) is 8.66. The Hall–Kier alpha value is -4.37. The molecule has 1 aromatic heterocycles. The normalized spacial score (nSPS) is 10.9. The highest BCUT2D eigenvalue weighted by atomic mass is 32.2. The van der Waals surface area contributed by atoms with Gasteiger partial charge in [-0.3, -0.25) is 9.36 Å². The molecule has 0 unspecified atom stereocenters. The molecular formula is C27H26N6O2S. The third-order valence-electron chi connectivity index (χ3n) is 5.18. The number of carbonyl (C=O) groups is 1. The number of para-hydroxylation sites is 3. The number of aromatic nitrogens is 3. The van der Waals surface area contributed by atoms with Crippen LogP contribution >= 0.6 is 11.8 Å². The van der Waals surface area contributed by atoms with Crippen molar-refractivity contribution in [1.29, 1.82) is 0 Å². The number of nitrogens with one attached hydrogen (secondary N) is 2. The monoisotopic (exact) mass is 498 g/mol. The second-order valence-electron chi connectivity index (χ2n) is 7.72. The number of anilines is 1. The molecule has 0 fully saturated rings. The van der Waals surface area contributed by atoms with Gasteiger partial charge in [0.2, 0.25) is 0 Å². The number of hydrogen-bond acceptors (Lipinski definition) is 7. The smallest absolute Gasteiger partial charge is 0.250 e. The molecule has 0 bridgehead atoms. The Morgan fingerprint density at radius 3 is 2.53 bits per heavy atom. The highest BCUT2D eigenvalue weighted by molar-refractivity contribution is 7.99. The highest BCUT2D eigenvalue weighted by Crippen LogP contribution is 2.23. The quantitative estimate of drug-likeness (QED) is 0.121. The number of hydrazone groups is 1. The van der Waals surface area contributed by atoms with E-state index in [0.717, 1.165) is 22.8 Å². The van der Waals surface area contributed by atoms with E-state index in [2.05, 4.69) is 32.6 Å². The van der Waals surface area contributed by atoms with Crippen LogP contribution in [0.2, 0.25) is 0 Å². The largest absolute Gasteiger partial charge is 0.507 e. The summed E-state index contributed by atoms with van der Waals surface area (Å²) in [6.07, 6.45) is 3.68. The summed E-state index contributed by atoms with van der Waals surface area (Å²) in [5, 5.41) is 26.9. The molecule has 182 valence electrons. The van der Waals surface area contributed by atoms with Crippen molar-refractivity contribution in [3.05, 3.63) is 108 Å². The van der Waals surface area contributed by atoms with Crippen LogP contribution in [0.3, 0.4) is 0 Å². The van der Waals surface area contributed by atoms with Gasteiger partial charge in [0.1, 0.15) is 5.75 Å².